The van der Waals surface area contributed by atoms with E-state index in [-0.39, 0.29) is 0 Å². The van der Waals surface area contributed by atoms with Crippen LogP contribution in [0.25, 0.3) is 10.8 Å². The van der Waals surface area contributed by atoms with Gasteiger partial charge in [-0.05, 0) is 48.1 Å². The van der Waals surface area contributed by atoms with Crippen LogP contribution >= 0.6 is 0 Å². The maximum Gasteiger partial charge on any atom is 0.0208 e. The maximum absolute atomic E-state index is 3.71. The third kappa shape index (κ3) is 2.98. The van der Waals surface area contributed by atoms with Gasteiger partial charge >= 0.3 is 0 Å². The van der Waals surface area contributed by atoms with Crippen LogP contribution in [-0.4, -0.2) is 6.04 Å². The lowest BCUT2D eigenvalue weighted by Gasteiger charge is -2.20. The number of hydrogen-bond acceptors (Lipinski definition) is 1. The third-order valence-corrected chi connectivity index (χ3v) is 4.55. The van der Waals surface area contributed by atoms with E-state index in [0.717, 1.165) is 12.5 Å². The van der Waals surface area contributed by atoms with Crippen LogP contribution in [0.4, 0.5) is 0 Å². The van der Waals surface area contributed by atoms with Crippen LogP contribution in [0, 0.1) is 5.92 Å². The van der Waals surface area contributed by atoms with Crippen molar-refractivity contribution in [3.05, 3.63) is 48.0 Å². The summed E-state index contributed by atoms with van der Waals surface area (Å²) in [4.78, 5) is 0. The Morgan fingerprint density at radius 2 is 1.79 bits per heavy atom. The second kappa shape index (κ2) is 5.75. The molecule has 0 spiro atoms. The Labute approximate surface area is 116 Å². The Bertz CT molecular complexity index is 540. The summed E-state index contributed by atoms with van der Waals surface area (Å²) in [5, 5.41) is 6.38. The Morgan fingerprint density at radius 3 is 2.58 bits per heavy atom. The summed E-state index contributed by atoms with van der Waals surface area (Å²) in [6.45, 7) is 3.33. The number of nitrogens with one attached hydrogen (secondary N) is 1. The van der Waals surface area contributed by atoms with Crippen molar-refractivity contribution in [1.29, 1.82) is 0 Å². The summed E-state index contributed by atoms with van der Waals surface area (Å²) < 4.78 is 0. The summed E-state index contributed by atoms with van der Waals surface area (Å²) in [5.74, 6) is 0.889. The molecule has 0 heterocycles. The molecule has 1 atom stereocenters. The molecule has 1 saturated carbocycles. The summed E-state index contributed by atoms with van der Waals surface area (Å²) in [7, 11) is 0. The highest BCUT2D eigenvalue weighted by Crippen LogP contribution is 2.27. The number of rotatable bonds is 4. The first-order valence-corrected chi connectivity index (χ1v) is 7.54. The predicted molar refractivity (Wildman–Crippen MR) is 82.2 cm³/mol. The fraction of sp³-hybridized carbons (Fsp3) is 0.444. The molecule has 0 amide bonds. The molecule has 1 fully saturated rings. The lowest BCUT2D eigenvalue weighted by Crippen LogP contribution is -2.31. The highest BCUT2D eigenvalue weighted by atomic mass is 14.9. The van der Waals surface area contributed by atoms with Crippen molar-refractivity contribution in [1.82, 2.24) is 5.32 Å². The summed E-state index contributed by atoms with van der Waals surface area (Å²) >= 11 is 0. The van der Waals surface area contributed by atoms with Crippen molar-refractivity contribution in [2.45, 2.75) is 45.2 Å². The molecule has 0 saturated heterocycles. The SMILES string of the molecule is CC(NCc1ccc2ccccc2c1)C1CCCC1. The van der Waals surface area contributed by atoms with E-state index in [9.17, 15) is 0 Å². The van der Waals surface area contributed by atoms with Gasteiger partial charge in [0.05, 0.1) is 0 Å². The number of hydrogen-bond donors (Lipinski definition) is 1. The first-order chi connectivity index (χ1) is 9.33. The van der Waals surface area contributed by atoms with Crippen LogP contribution in [0.3, 0.4) is 0 Å². The fourth-order valence-electron chi connectivity index (χ4n) is 3.25. The van der Waals surface area contributed by atoms with E-state index in [0.29, 0.717) is 6.04 Å². The minimum atomic E-state index is 0.647. The van der Waals surface area contributed by atoms with Gasteiger partial charge in [0.1, 0.15) is 0 Å². The average Bonchev–Trinajstić information content (AvgIpc) is 2.99. The Balaban J connectivity index is 1.64. The van der Waals surface area contributed by atoms with E-state index in [4.69, 9.17) is 0 Å². The zero-order chi connectivity index (χ0) is 13.1. The molecule has 1 unspecified atom stereocenters. The molecule has 0 aromatic heterocycles. The molecule has 2 aromatic carbocycles. The lowest BCUT2D eigenvalue weighted by atomic mass is 9.99. The average molecular weight is 253 g/mol. The first kappa shape index (κ1) is 12.7. The van der Waals surface area contributed by atoms with Gasteiger partial charge in [-0.15, -0.1) is 0 Å². The zero-order valence-corrected chi connectivity index (χ0v) is 11.7. The third-order valence-electron chi connectivity index (χ3n) is 4.55. The quantitative estimate of drug-likeness (QED) is 0.845. The maximum atomic E-state index is 3.71. The van der Waals surface area contributed by atoms with Gasteiger partial charge in [-0.2, -0.15) is 0 Å². The second-order valence-electron chi connectivity index (χ2n) is 5.90. The molecule has 0 bridgehead atoms. The van der Waals surface area contributed by atoms with Gasteiger partial charge < -0.3 is 5.32 Å². The van der Waals surface area contributed by atoms with Gasteiger partial charge in [-0.25, -0.2) is 0 Å². The first-order valence-electron chi connectivity index (χ1n) is 7.54. The van der Waals surface area contributed by atoms with Crippen LogP contribution in [0.5, 0.6) is 0 Å². The van der Waals surface area contributed by atoms with E-state index in [2.05, 4.69) is 54.7 Å². The van der Waals surface area contributed by atoms with Crippen LogP contribution < -0.4 is 5.32 Å². The normalized spacial score (nSPS) is 17.9. The largest absolute Gasteiger partial charge is 0.310 e. The van der Waals surface area contributed by atoms with Crippen molar-refractivity contribution in [2.24, 2.45) is 5.92 Å². The fourth-order valence-corrected chi connectivity index (χ4v) is 3.25. The van der Waals surface area contributed by atoms with Crippen LogP contribution in [-0.2, 0) is 6.54 Å². The molecule has 1 aliphatic rings. The second-order valence-corrected chi connectivity index (χ2v) is 5.90. The van der Waals surface area contributed by atoms with E-state index in [1.54, 1.807) is 0 Å². The molecular formula is C18H23N. The van der Waals surface area contributed by atoms with Crippen molar-refractivity contribution >= 4 is 10.8 Å². The summed E-state index contributed by atoms with van der Waals surface area (Å²) in [5.41, 5.74) is 1.39. The molecule has 1 nitrogen and oxygen atoms in total. The van der Waals surface area contributed by atoms with E-state index < -0.39 is 0 Å². The molecule has 1 heteroatoms. The number of fused-ring (bicyclic) bond motifs is 1. The standard InChI is InChI=1S/C18H23N/c1-14(16-6-2-3-7-16)19-13-15-10-11-17-8-4-5-9-18(17)12-15/h4-5,8-12,14,16,19H,2-3,6-7,13H2,1H3. The monoisotopic (exact) mass is 253 g/mol. The molecule has 0 aliphatic heterocycles. The van der Waals surface area contributed by atoms with Crippen LogP contribution in [0.15, 0.2) is 42.5 Å². The Kier molecular flexibility index (Phi) is 3.84. The van der Waals surface area contributed by atoms with Gasteiger partial charge in [0.25, 0.3) is 0 Å². The topological polar surface area (TPSA) is 12.0 Å². The number of benzene rings is 2. The predicted octanol–water partition coefficient (Wildman–Crippen LogP) is 4.51. The van der Waals surface area contributed by atoms with Crippen molar-refractivity contribution in [2.75, 3.05) is 0 Å². The Morgan fingerprint density at radius 1 is 1.05 bits per heavy atom. The van der Waals surface area contributed by atoms with Gasteiger partial charge in [-0.3, -0.25) is 0 Å². The van der Waals surface area contributed by atoms with Crippen molar-refractivity contribution < 1.29 is 0 Å². The van der Waals surface area contributed by atoms with Crippen molar-refractivity contribution in [3.8, 4) is 0 Å². The smallest absolute Gasteiger partial charge is 0.0208 e. The minimum absolute atomic E-state index is 0.647. The van der Waals surface area contributed by atoms with Crippen molar-refractivity contribution in [3.63, 3.8) is 0 Å². The van der Waals surface area contributed by atoms with Gasteiger partial charge in [0, 0.05) is 12.6 Å². The minimum Gasteiger partial charge on any atom is -0.310 e. The van der Waals surface area contributed by atoms with Gasteiger partial charge in [0.15, 0.2) is 0 Å². The molecule has 100 valence electrons. The zero-order valence-electron chi connectivity index (χ0n) is 11.7. The highest BCUT2D eigenvalue weighted by Gasteiger charge is 2.20. The van der Waals surface area contributed by atoms with E-state index in [1.165, 1.54) is 42.0 Å². The van der Waals surface area contributed by atoms with E-state index in [1.807, 2.05) is 0 Å². The van der Waals surface area contributed by atoms with Gasteiger partial charge in [-0.1, -0.05) is 49.2 Å². The Hall–Kier alpha value is -1.34. The molecule has 1 N–H and O–H groups in total. The molecular weight excluding hydrogens is 230 g/mol. The lowest BCUT2D eigenvalue weighted by molar-refractivity contribution is 0.380. The summed E-state index contributed by atoms with van der Waals surface area (Å²) in [6.07, 6.45) is 5.66. The molecule has 1 aliphatic carbocycles. The molecule has 0 radical (unpaired) electrons. The highest BCUT2D eigenvalue weighted by molar-refractivity contribution is 5.82. The van der Waals surface area contributed by atoms with Gasteiger partial charge in [0.2, 0.25) is 0 Å². The van der Waals surface area contributed by atoms with E-state index >= 15 is 0 Å². The molecule has 2 aromatic rings. The van der Waals surface area contributed by atoms with Crippen LogP contribution in [0.2, 0.25) is 0 Å². The summed E-state index contributed by atoms with van der Waals surface area (Å²) in [6, 6.07) is 16.0. The van der Waals surface area contributed by atoms with Crippen LogP contribution in [0.1, 0.15) is 38.2 Å². The molecule has 19 heavy (non-hydrogen) atoms. The molecule has 3 rings (SSSR count).